The standard InChI is InChI=1S/C18H23FN6/c1-11-5-6-20-17(23-11)24-8-12-7-13(9-24)25(12)16-14(19)15(18(2,3)4)21-10-22-16/h5-6,10,12-13H,7-9H2,1-4H3. The number of aryl methyl sites for hydroxylation is 1. The molecule has 0 saturated carbocycles. The lowest BCUT2D eigenvalue weighted by Gasteiger charge is -2.56. The second-order valence-electron chi connectivity index (χ2n) is 7.96. The topological polar surface area (TPSA) is 58.0 Å². The molecule has 5 heterocycles. The number of nitrogens with zero attached hydrogens (tertiary/aromatic N) is 6. The zero-order valence-corrected chi connectivity index (χ0v) is 15.1. The van der Waals surface area contributed by atoms with Crippen molar-refractivity contribution in [3.63, 3.8) is 0 Å². The molecule has 3 aliphatic heterocycles. The van der Waals surface area contributed by atoms with Gasteiger partial charge in [0.05, 0.1) is 17.8 Å². The van der Waals surface area contributed by atoms with Crippen molar-refractivity contribution < 1.29 is 4.39 Å². The van der Waals surface area contributed by atoms with Crippen LogP contribution in [0.1, 0.15) is 38.6 Å². The first-order valence-corrected chi connectivity index (χ1v) is 8.68. The van der Waals surface area contributed by atoms with E-state index in [9.17, 15) is 0 Å². The zero-order valence-electron chi connectivity index (χ0n) is 15.1. The smallest absolute Gasteiger partial charge is 0.225 e. The third kappa shape index (κ3) is 2.71. The van der Waals surface area contributed by atoms with Crippen LogP contribution in [0.15, 0.2) is 18.6 Å². The molecule has 0 amide bonds. The monoisotopic (exact) mass is 342 g/mol. The van der Waals surface area contributed by atoms with Gasteiger partial charge in [-0.25, -0.2) is 24.3 Å². The van der Waals surface area contributed by atoms with Gasteiger partial charge in [0.2, 0.25) is 5.95 Å². The minimum atomic E-state index is -0.344. The van der Waals surface area contributed by atoms with Gasteiger partial charge in [0.1, 0.15) is 6.33 Å². The summed E-state index contributed by atoms with van der Waals surface area (Å²) in [6.45, 7) is 9.44. The third-order valence-electron chi connectivity index (χ3n) is 4.98. The van der Waals surface area contributed by atoms with E-state index in [2.05, 4.69) is 29.7 Å². The van der Waals surface area contributed by atoms with Gasteiger partial charge in [-0.2, -0.15) is 0 Å². The van der Waals surface area contributed by atoms with Crippen molar-refractivity contribution in [1.82, 2.24) is 19.9 Å². The fourth-order valence-electron chi connectivity index (χ4n) is 3.77. The molecule has 0 radical (unpaired) electrons. The van der Waals surface area contributed by atoms with Crippen LogP contribution in [0.3, 0.4) is 0 Å². The van der Waals surface area contributed by atoms with Gasteiger partial charge in [-0.15, -0.1) is 0 Å². The summed E-state index contributed by atoms with van der Waals surface area (Å²) in [4.78, 5) is 21.6. The quantitative estimate of drug-likeness (QED) is 0.836. The molecule has 3 saturated heterocycles. The summed E-state index contributed by atoms with van der Waals surface area (Å²) in [5.74, 6) is 0.906. The molecule has 0 spiro atoms. The van der Waals surface area contributed by atoms with Crippen LogP contribution in [0.4, 0.5) is 16.2 Å². The largest absolute Gasteiger partial charge is 0.344 e. The van der Waals surface area contributed by atoms with Gasteiger partial charge in [-0.05, 0) is 19.4 Å². The summed E-state index contributed by atoms with van der Waals surface area (Å²) in [5, 5.41) is 0. The summed E-state index contributed by atoms with van der Waals surface area (Å²) >= 11 is 0. The van der Waals surface area contributed by atoms with Gasteiger partial charge in [-0.1, -0.05) is 20.8 Å². The van der Waals surface area contributed by atoms with Crippen LogP contribution < -0.4 is 9.80 Å². The maximum Gasteiger partial charge on any atom is 0.225 e. The Morgan fingerprint density at radius 2 is 1.84 bits per heavy atom. The van der Waals surface area contributed by atoms with Gasteiger partial charge in [0.25, 0.3) is 0 Å². The molecule has 2 atom stereocenters. The first kappa shape index (κ1) is 16.2. The maximum atomic E-state index is 15.0. The molecule has 2 bridgehead atoms. The number of hydrogen-bond donors (Lipinski definition) is 0. The normalized spacial score (nSPS) is 22.8. The van der Waals surface area contributed by atoms with Crippen molar-refractivity contribution in [2.45, 2.75) is 51.6 Å². The summed E-state index contributed by atoms with van der Waals surface area (Å²) in [7, 11) is 0. The molecule has 3 aliphatic rings. The van der Waals surface area contributed by atoms with Crippen molar-refractivity contribution in [2.24, 2.45) is 0 Å². The maximum absolute atomic E-state index is 15.0. The molecule has 2 unspecified atom stereocenters. The molecule has 7 heteroatoms. The lowest BCUT2D eigenvalue weighted by atomic mass is 9.86. The fraction of sp³-hybridized carbons (Fsp3) is 0.556. The van der Waals surface area contributed by atoms with Crippen molar-refractivity contribution in [3.8, 4) is 0 Å². The highest BCUT2D eigenvalue weighted by molar-refractivity contribution is 5.52. The Balaban J connectivity index is 1.58. The van der Waals surface area contributed by atoms with Crippen molar-refractivity contribution in [1.29, 1.82) is 0 Å². The molecule has 132 valence electrons. The van der Waals surface area contributed by atoms with E-state index in [1.807, 2.05) is 33.8 Å². The summed E-state index contributed by atoms with van der Waals surface area (Å²) < 4.78 is 15.0. The molecule has 3 fully saturated rings. The second-order valence-corrected chi connectivity index (χ2v) is 7.96. The molecule has 0 N–H and O–H groups in total. The van der Waals surface area contributed by atoms with E-state index in [0.717, 1.165) is 31.2 Å². The van der Waals surface area contributed by atoms with E-state index < -0.39 is 0 Å². The van der Waals surface area contributed by atoms with Crippen molar-refractivity contribution in [2.75, 3.05) is 22.9 Å². The average molecular weight is 342 g/mol. The SMILES string of the molecule is Cc1ccnc(N2CC3CC(C2)N3c2ncnc(C(C)(C)C)c2F)n1. The number of aromatic nitrogens is 4. The highest BCUT2D eigenvalue weighted by Crippen LogP contribution is 2.39. The number of piperazine rings is 1. The molecule has 5 rings (SSSR count). The number of rotatable bonds is 2. The van der Waals surface area contributed by atoms with Crippen LogP contribution in [-0.2, 0) is 5.41 Å². The number of anilines is 2. The van der Waals surface area contributed by atoms with Crippen LogP contribution in [-0.4, -0.2) is 45.1 Å². The molecule has 6 nitrogen and oxygen atoms in total. The van der Waals surface area contributed by atoms with Gasteiger partial charge in [0, 0.05) is 30.4 Å². The third-order valence-corrected chi connectivity index (χ3v) is 4.98. The van der Waals surface area contributed by atoms with Gasteiger partial charge < -0.3 is 9.80 Å². The number of hydrogen-bond acceptors (Lipinski definition) is 6. The molecule has 2 aromatic heterocycles. The Kier molecular flexibility index (Phi) is 3.63. The Hall–Kier alpha value is -2.31. The van der Waals surface area contributed by atoms with E-state index in [1.165, 1.54) is 6.33 Å². The van der Waals surface area contributed by atoms with E-state index in [1.54, 1.807) is 6.20 Å². The zero-order chi connectivity index (χ0) is 17.8. The molecule has 25 heavy (non-hydrogen) atoms. The van der Waals surface area contributed by atoms with E-state index in [0.29, 0.717) is 11.5 Å². The predicted octanol–water partition coefficient (Wildman–Crippen LogP) is 2.48. The van der Waals surface area contributed by atoms with E-state index >= 15 is 4.39 Å². The van der Waals surface area contributed by atoms with Crippen LogP contribution in [0.2, 0.25) is 0 Å². The van der Waals surface area contributed by atoms with Gasteiger partial charge in [0.15, 0.2) is 11.6 Å². The second kappa shape index (κ2) is 5.61. The molecular weight excluding hydrogens is 319 g/mol. The Labute approximate surface area is 147 Å². The summed E-state index contributed by atoms with van der Waals surface area (Å²) in [6, 6.07) is 2.37. The fourth-order valence-corrected chi connectivity index (χ4v) is 3.77. The summed E-state index contributed by atoms with van der Waals surface area (Å²) in [5.41, 5.74) is 1.09. The average Bonchev–Trinajstić information content (AvgIpc) is 2.55. The number of fused-ring (bicyclic) bond motifs is 2. The highest BCUT2D eigenvalue weighted by atomic mass is 19.1. The first-order chi connectivity index (χ1) is 11.8. The van der Waals surface area contributed by atoms with Crippen LogP contribution in [0, 0.1) is 12.7 Å². The first-order valence-electron chi connectivity index (χ1n) is 8.68. The Morgan fingerprint density at radius 1 is 1.12 bits per heavy atom. The minimum Gasteiger partial charge on any atom is -0.344 e. The van der Waals surface area contributed by atoms with E-state index in [-0.39, 0.29) is 23.3 Å². The van der Waals surface area contributed by atoms with Crippen molar-refractivity contribution >= 4 is 11.8 Å². The number of halogens is 1. The summed E-state index contributed by atoms with van der Waals surface area (Å²) in [6.07, 6.45) is 4.32. The Morgan fingerprint density at radius 3 is 2.48 bits per heavy atom. The molecule has 2 aromatic rings. The molecule has 0 aliphatic carbocycles. The molecular formula is C18H23FN6. The lowest BCUT2D eigenvalue weighted by molar-refractivity contribution is 0.282. The van der Waals surface area contributed by atoms with Crippen LogP contribution in [0.5, 0.6) is 0 Å². The van der Waals surface area contributed by atoms with Gasteiger partial charge >= 0.3 is 0 Å². The Bertz CT molecular complexity index is 790. The van der Waals surface area contributed by atoms with Gasteiger partial charge in [-0.3, -0.25) is 0 Å². The highest BCUT2D eigenvalue weighted by Gasteiger charge is 2.47. The van der Waals surface area contributed by atoms with Crippen LogP contribution >= 0.6 is 0 Å². The van der Waals surface area contributed by atoms with E-state index in [4.69, 9.17) is 0 Å². The number of piperidine rings is 1. The predicted molar refractivity (Wildman–Crippen MR) is 94.3 cm³/mol. The molecule has 0 aromatic carbocycles. The van der Waals surface area contributed by atoms with Crippen LogP contribution in [0.25, 0.3) is 0 Å². The van der Waals surface area contributed by atoms with Crippen molar-refractivity contribution in [3.05, 3.63) is 35.8 Å². The lowest BCUT2D eigenvalue weighted by Crippen LogP contribution is -2.70. The minimum absolute atomic E-state index is 0.236.